The molecular formula is C11H16N2O5S2. The largest absolute Gasteiger partial charge is 0.480 e. The summed E-state index contributed by atoms with van der Waals surface area (Å²) in [6.07, 6.45) is 0. The Kier molecular flexibility index (Phi) is 5.26. The normalized spacial score (nSPS) is 13.2. The highest BCUT2D eigenvalue weighted by molar-refractivity contribution is 7.91. The van der Waals surface area contributed by atoms with Gasteiger partial charge in [-0.2, -0.15) is 4.31 Å². The zero-order valence-electron chi connectivity index (χ0n) is 11.3. The molecule has 0 aliphatic rings. The van der Waals surface area contributed by atoms with Gasteiger partial charge in [-0.3, -0.25) is 4.79 Å². The lowest BCUT2D eigenvalue weighted by molar-refractivity contribution is -0.148. The highest BCUT2D eigenvalue weighted by Crippen LogP contribution is 2.19. The molecule has 0 aliphatic heterocycles. The summed E-state index contributed by atoms with van der Waals surface area (Å²) >= 11 is 1.06. The van der Waals surface area contributed by atoms with Crippen molar-refractivity contribution in [2.45, 2.75) is 17.2 Å². The second kappa shape index (κ2) is 6.33. The van der Waals surface area contributed by atoms with Gasteiger partial charge in [0.05, 0.1) is 6.54 Å². The van der Waals surface area contributed by atoms with E-state index < -0.39 is 34.5 Å². The Balaban J connectivity index is 2.79. The van der Waals surface area contributed by atoms with E-state index in [2.05, 4.69) is 0 Å². The molecule has 0 spiro atoms. The number of thiophene rings is 1. The van der Waals surface area contributed by atoms with Gasteiger partial charge in [-0.05, 0) is 18.4 Å². The fourth-order valence-corrected chi connectivity index (χ4v) is 3.65. The number of hydrogen-bond donors (Lipinski definition) is 1. The van der Waals surface area contributed by atoms with Gasteiger partial charge in [-0.25, -0.2) is 13.2 Å². The molecule has 1 unspecified atom stereocenters. The lowest BCUT2D eigenvalue weighted by Crippen LogP contribution is -2.45. The minimum absolute atomic E-state index is 0.140. The lowest BCUT2D eigenvalue weighted by atomic mass is 10.3. The first-order valence-electron chi connectivity index (χ1n) is 5.66. The van der Waals surface area contributed by atoms with Crippen molar-refractivity contribution in [2.75, 3.05) is 20.6 Å². The maximum atomic E-state index is 12.1. The Morgan fingerprint density at radius 1 is 1.40 bits per heavy atom. The van der Waals surface area contributed by atoms with Gasteiger partial charge in [-0.15, -0.1) is 11.3 Å². The number of sulfonamides is 1. The van der Waals surface area contributed by atoms with E-state index in [0.29, 0.717) is 0 Å². The van der Waals surface area contributed by atoms with Crippen molar-refractivity contribution in [1.82, 2.24) is 9.21 Å². The maximum absolute atomic E-state index is 12.1. The SMILES string of the molecule is CC(C(=O)O)N(C)C(=O)CN(C)S(=O)(=O)c1cccs1. The van der Waals surface area contributed by atoms with Crippen molar-refractivity contribution in [2.24, 2.45) is 0 Å². The summed E-state index contributed by atoms with van der Waals surface area (Å²) in [5.74, 6) is -1.73. The summed E-state index contributed by atoms with van der Waals surface area (Å²) in [7, 11) is -1.10. The first-order chi connectivity index (χ1) is 9.17. The highest BCUT2D eigenvalue weighted by atomic mass is 32.2. The van der Waals surface area contributed by atoms with Crippen LogP contribution in [0.2, 0.25) is 0 Å². The number of likely N-dealkylation sites (N-methyl/N-ethyl adjacent to an activating group) is 2. The molecular weight excluding hydrogens is 304 g/mol. The summed E-state index contributed by atoms with van der Waals surface area (Å²) in [5.41, 5.74) is 0. The number of carboxylic acids is 1. The number of nitrogens with zero attached hydrogens (tertiary/aromatic N) is 2. The fraction of sp³-hybridized carbons (Fsp3) is 0.455. The van der Waals surface area contributed by atoms with E-state index in [1.807, 2.05) is 0 Å². The fourth-order valence-electron chi connectivity index (χ4n) is 1.33. The van der Waals surface area contributed by atoms with Crippen molar-refractivity contribution >= 4 is 33.2 Å². The average molecular weight is 320 g/mol. The van der Waals surface area contributed by atoms with E-state index in [1.54, 1.807) is 11.4 Å². The van der Waals surface area contributed by atoms with Gasteiger partial charge in [0.25, 0.3) is 10.0 Å². The molecule has 9 heteroatoms. The zero-order chi connectivity index (χ0) is 15.5. The molecule has 112 valence electrons. The molecule has 7 nitrogen and oxygen atoms in total. The Hall–Kier alpha value is -1.45. The molecule has 0 aromatic carbocycles. The van der Waals surface area contributed by atoms with Crippen LogP contribution in [-0.2, 0) is 19.6 Å². The van der Waals surface area contributed by atoms with Crippen LogP contribution in [0.25, 0.3) is 0 Å². The van der Waals surface area contributed by atoms with Crippen LogP contribution >= 0.6 is 11.3 Å². The van der Waals surface area contributed by atoms with Gasteiger partial charge < -0.3 is 10.0 Å². The molecule has 0 aliphatic carbocycles. The third-order valence-corrected chi connectivity index (χ3v) is 6.03. The van der Waals surface area contributed by atoms with Crippen molar-refractivity contribution in [3.05, 3.63) is 17.5 Å². The lowest BCUT2D eigenvalue weighted by Gasteiger charge is -2.24. The zero-order valence-corrected chi connectivity index (χ0v) is 12.9. The van der Waals surface area contributed by atoms with Crippen molar-refractivity contribution in [1.29, 1.82) is 0 Å². The van der Waals surface area contributed by atoms with Crippen LogP contribution in [0.15, 0.2) is 21.7 Å². The van der Waals surface area contributed by atoms with E-state index in [4.69, 9.17) is 5.11 Å². The third-order valence-electron chi connectivity index (χ3n) is 2.85. The summed E-state index contributed by atoms with van der Waals surface area (Å²) in [5, 5.41) is 10.4. The van der Waals surface area contributed by atoms with Crippen LogP contribution < -0.4 is 0 Å². The first-order valence-corrected chi connectivity index (χ1v) is 7.98. The quantitative estimate of drug-likeness (QED) is 0.813. The summed E-state index contributed by atoms with van der Waals surface area (Å²) < 4.78 is 25.3. The van der Waals surface area contributed by atoms with Crippen molar-refractivity contribution < 1.29 is 23.1 Å². The van der Waals surface area contributed by atoms with Gasteiger partial charge in [-0.1, -0.05) is 6.07 Å². The second-order valence-electron chi connectivity index (χ2n) is 4.21. The van der Waals surface area contributed by atoms with E-state index >= 15 is 0 Å². The molecule has 0 radical (unpaired) electrons. The average Bonchev–Trinajstić information content (AvgIpc) is 2.90. The molecule has 0 bridgehead atoms. The number of amides is 1. The van der Waals surface area contributed by atoms with E-state index in [-0.39, 0.29) is 4.21 Å². The number of carbonyl (C=O) groups is 2. The van der Waals surface area contributed by atoms with Gasteiger partial charge in [0.2, 0.25) is 5.91 Å². The minimum atomic E-state index is -3.71. The van der Waals surface area contributed by atoms with Gasteiger partial charge >= 0.3 is 5.97 Å². The smallest absolute Gasteiger partial charge is 0.326 e. The third kappa shape index (κ3) is 3.56. The van der Waals surface area contributed by atoms with Crippen LogP contribution in [-0.4, -0.2) is 61.3 Å². The molecule has 0 saturated heterocycles. The van der Waals surface area contributed by atoms with Gasteiger partial charge in [0.15, 0.2) is 0 Å². The molecule has 1 aromatic rings. The predicted octanol–water partition coefficient (Wildman–Crippen LogP) is 0.300. The van der Waals surface area contributed by atoms with Crippen LogP contribution in [0.1, 0.15) is 6.92 Å². The first kappa shape index (κ1) is 16.6. The number of aliphatic carboxylic acids is 1. The number of carboxylic acid groups (broad SMARTS) is 1. The topological polar surface area (TPSA) is 95.0 Å². The van der Waals surface area contributed by atoms with E-state index in [9.17, 15) is 18.0 Å². The number of hydrogen-bond acceptors (Lipinski definition) is 5. The molecule has 1 heterocycles. The summed E-state index contributed by atoms with van der Waals surface area (Å²) in [6, 6.07) is 2.04. The summed E-state index contributed by atoms with van der Waals surface area (Å²) in [4.78, 5) is 23.7. The van der Waals surface area contributed by atoms with Crippen LogP contribution in [0.3, 0.4) is 0 Å². The van der Waals surface area contributed by atoms with E-state index in [1.165, 1.54) is 27.1 Å². The van der Waals surface area contributed by atoms with Crippen LogP contribution in [0.5, 0.6) is 0 Å². The Bertz CT molecular complexity index is 582. The second-order valence-corrected chi connectivity index (χ2v) is 7.43. The minimum Gasteiger partial charge on any atom is -0.480 e. The molecule has 0 fully saturated rings. The summed E-state index contributed by atoms with van der Waals surface area (Å²) in [6.45, 7) is 0.947. The Morgan fingerprint density at radius 2 is 2.00 bits per heavy atom. The molecule has 1 amide bonds. The van der Waals surface area contributed by atoms with Crippen molar-refractivity contribution in [3.63, 3.8) is 0 Å². The number of carbonyl (C=O) groups excluding carboxylic acids is 1. The standard InChI is InChI=1S/C11H16N2O5S2/c1-8(11(15)16)13(3)9(14)7-12(2)20(17,18)10-5-4-6-19-10/h4-6,8H,7H2,1-3H3,(H,15,16). The molecule has 20 heavy (non-hydrogen) atoms. The van der Waals surface area contributed by atoms with E-state index in [0.717, 1.165) is 20.5 Å². The van der Waals surface area contributed by atoms with Crippen LogP contribution in [0, 0.1) is 0 Å². The Morgan fingerprint density at radius 3 is 2.45 bits per heavy atom. The van der Waals surface area contributed by atoms with Crippen molar-refractivity contribution in [3.8, 4) is 0 Å². The monoisotopic (exact) mass is 320 g/mol. The Labute approximate surface area is 121 Å². The highest BCUT2D eigenvalue weighted by Gasteiger charge is 2.27. The molecule has 1 rings (SSSR count). The molecule has 0 saturated carbocycles. The maximum Gasteiger partial charge on any atom is 0.326 e. The molecule has 1 aromatic heterocycles. The van der Waals surface area contributed by atoms with Gasteiger partial charge in [0.1, 0.15) is 10.3 Å². The molecule has 1 N–H and O–H groups in total. The number of rotatable bonds is 6. The molecule has 1 atom stereocenters. The van der Waals surface area contributed by atoms with Crippen LogP contribution in [0.4, 0.5) is 0 Å². The van der Waals surface area contributed by atoms with Gasteiger partial charge in [0, 0.05) is 14.1 Å². The predicted molar refractivity (Wildman–Crippen MR) is 74.0 cm³/mol.